The van der Waals surface area contributed by atoms with Crippen LogP contribution < -0.4 is 5.73 Å². The molecule has 2 N–H and O–H groups in total. The molecule has 0 atom stereocenters. The third-order valence-electron chi connectivity index (χ3n) is 3.98. The summed E-state index contributed by atoms with van der Waals surface area (Å²) in [5.41, 5.74) is 6.56. The fourth-order valence-corrected chi connectivity index (χ4v) is 2.96. The molecule has 2 heterocycles. The van der Waals surface area contributed by atoms with Gasteiger partial charge in [0.1, 0.15) is 5.82 Å². The van der Waals surface area contributed by atoms with Crippen molar-refractivity contribution in [3.8, 4) is 0 Å². The molecule has 1 spiro atoms. The molecule has 104 valence electrons. The normalized spacial score (nSPS) is 23.0. The summed E-state index contributed by atoms with van der Waals surface area (Å²) in [6.07, 6.45) is 3.06. The molecule has 6 nitrogen and oxygen atoms in total. The lowest BCUT2D eigenvalue weighted by molar-refractivity contribution is -0.180. The van der Waals surface area contributed by atoms with E-state index in [4.69, 9.17) is 15.2 Å². The van der Waals surface area contributed by atoms with Crippen molar-refractivity contribution in [3.05, 3.63) is 11.8 Å². The van der Waals surface area contributed by atoms with Crippen LogP contribution in [0.1, 0.15) is 36.2 Å². The Morgan fingerprint density at radius 2 is 2.05 bits per heavy atom. The van der Waals surface area contributed by atoms with Crippen molar-refractivity contribution in [2.45, 2.75) is 38.4 Å². The zero-order valence-corrected chi connectivity index (χ0v) is 11.1. The van der Waals surface area contributed by atoms with Crippen molar-refractivity contribution in [2.75, 3.05) is 18.9 Å². The van der Waals surface area contributed by atoms with Gasteiger partial charge in [0.25, 0.3) is 5.91 Å². The van der Waals surface area contributed by atoms with E-state index in [0.29, 0.717) is 19.0 Å². The first kappa shape index (κ1) is 12.6. The lowest BCUT2D eigenvalue weighted by Crippen LogP contribution is -2.38. The summed E-state index contributed by atoms with van der Waals surface area (Å²) in [6.45, 7) is 3.14. The summed E-state index contributed by atoms with van der Waals surface area (Å²) in [6, 6.07) is 1.71. The van der Waals surface area contributed by atoms with Gasteiger partial charge in [0.05, 0.1) is 18.9 Å². The highest BCUT2D eigenvalue weighted by atomic mass is 16.7. The van der Waals surface area contributed by atoms with E-state index >= 15 is 0 Å². The number of rotatable bonds is 1. The minimum atomic E-state index is -0.428. The van der Waals surface area contributed by atoms with Crippen molar-refractivity contribution in [1.29, 1.82) is 0 Å². The van der Waals surface area contributed by atoms with E-state index in [-0.39, 0.29) is 11.8 Å². The molecular formula is C13H19N3O3. The van der Waals surface area contributed by atoms with Crippen molar-refractivity contribution in [3.63, 3.8) is 0 Å². The van der Waals surface area contributed by atoms with Gasteiger partial charge in [0.2, 0.25) is 0 Å². The van der Waals surface area contributed by atoms with E-state index in [1.165, 1.54) is 4.68 Å². The smallest absolute Gasteiger partial charge is 0.251 e. The van der Waals surface area contributed by atoms with Gasteiger partial charge in [-0.15, -0.1) is 0 Å². The molecule has 2 aliphatic rings. The van der Waals surface area contributed by atoms with Crippen molar-refractivity contribution < 1.29 is 14.3 Å². The van der Waals surface area contributed by atoms with Gasteiger partial charge in [-0.05, 0) is 19.8 Å². The minimum Gasteiger partial charge on any atom is -0.383 e. The molecule has 1 aliphatic heterocycles. The van der Waals surface area contributed by atoms with Crippen LogP contribution in [0, 0.1) is 12.8 Å². The first-order chi connectivity index (χ1) is 9.10. The van der Waals surface area contributed by atoms with Crippen LogP contribution in [0.5, 0.6) is 0 Å². The molecule has 1 saturated heterocycles. The standard InChI is InChI=1S/C13H19N3O3/c1-9-8-11(14)16(15-9)12(17)10-2-4-13(5-3-10)18-6-7-19-13/h8,10H,2-7,14H2,1H3. The molecule has 0 amide bonds. The third kappa shape index (κ3) is 2.26. The highest BCUT2D eigenvalue weighted by Crippen LogP contribution is 2.38. The van der Waals surface area contributed by atoms with Crippen LogP contribution in [0.15, 0.2) is 6.07 Å². The van der Waals surface area contributed by atoms with Crippen LogP contribution >= 0.6 is 0 Å². The van der Waals surface area contributed by atoms with Gasteiger partial charge in [0.15, 0.2) is 5.79 Å². The Labute approximate surface area is 111 Å². The Bertz CT molecular complexity index is 481. The quantitative estimate of drug-likeness (QED) is 0.829. The van der Waals surface area contributed by atoms with E-state index in [9.17, 15) is 4.79 Å². The Morgan fingerprint density at radius 3 is 2.58 bits per heavy atom. The highest BCUT2D eigenvalue weighted by Gasteiger charge is 2.42. The maximum absolute atomic E-state index is 12.4. The number of aromatic nitrogens is 2. The Kier molecular flexibility index (Phi) is 3.06. The molecule has 0 bridgehead atoms. The lowest BCUT2D eigenvalue weighted by Gasteiger charge is -2.34. The second kappa shape index (κ2) is 4.61. The van der Waals surface area contributed by atoms with Crippen molar-refractivity contribution in [1.82, 2.24) is 9.78 Å². The van der Waals surface area contributed by atoms with Gasteiger partial charge >= 0.3 is 0 Å². The minimum absolute atomic E-state index is 0.0153. The number of hydrogen-bond acceptors (Lipinski definition) is 5. The topological polar surface area (TPSA) is 79.4 Å². The number of carbonyl (C=O) groups is 1. The molecule has 0 aromatic carbocycles. The van der Waals surface area contributed by atoms with E-state index in [2.05, 4.69) is 5.10 Å². The van der Waals surface area contributed by atoms with Crippen LogP contribution in [0.4, 0.5) is 5.82 Å². The van der Waals surface area contributed by atoms with Gasteiger partial charge < -0.3 is 15.2 Å². The highest BCUT2D eigenvalue weighted by molar-refractivity contribution is 5.83. The molecule has 1 saturated carbocycles. The van der Waals surface area contributed by atoms with Gasteiger partial charge in [-0.25, -0.2) is 0 Å². The number of aryl methyl sites for hydroxylation is 1. The van der Waals surface area contributed by atoms with Gasteiger partial charge in [-0.1, -0.05) is 0 Å². The van der Waals surface area contributed by atoms with E-state index in [1.807, 2.05) is 6.92 Å². The van der Waals surface area contributed by atoms with E-state index in [1.54, 1.807) is 6.07 Å². The largest absolute Gasteiger partial charge is 0.383 e. The monoisotopic (exact) mass is 265 g/mol. The molecule has 0 unspecified atom stereocenters. The number of nitrogens with zero attached hydrogens (tertiary/aromatic N) is 2. The molecule has 6 heteroatoms. The summed E-state index contributed by atoms with van der Waals surface area (Å²) < 4.78 is 12.7. The Morgan fingerprint density at radius 1 is 1.42 bits per heavy atom. The summed E-state index contributed by atoms with van der Waals surface area (Å²) in [4.78, 5) is 12.4. The number of nitrogen functional groups attached to an aromatic ring is 1. The maximum Gasteiger partial charge on any atom is 0.251 e. The van der Waals surface area contributed by atoms with Gasteiger partial charge in [-0.2, -0.15) is 9.78 Å². The van der Waals surface area contributed by atoms with Gasteiger partial charge in [-0.3, -0.25) is 4.79 Å². The average Bonchev–Trinajstić information content (AvgIpc) is 2.97. The second-order valence-corrected chi connectivity index (χ2v) is 5.34. The first-order valence-electron chi connectivity index (χ1n) is 6.74. The number of ether oxygens (including phenoxy) is 2. The number of anilines is 1. The fourth-order valence-electron chi connectivity index (χ4n) is 2.96. The average molecular weight is 265 g/mol. The SMILES string of the molecule is Cc1cc(N)n(C(=O)C2CCC3(CC2)OCCO3)n1. The van der Waals surface area contributed by atoms with Gasteiger partial charge in [0, 0.05) is 24.8 Å². The molecular weight excluding hydrogens is 246 g/mol. The van der Waals surface area contributed by atoms with Crippen molar-refractivity contribution in [2.24, 2.45) is 5.92 Å². The van der Waals surface area contributed by atoms with Crippen LogP contribution in [-0.2, 0) is 9.47 Å². The Hall–Kier alpha value is -1.40. The maximum atomic E-state index is 12.4. The predicted molar refractivity (Wildman–Crippen MR) is 68.6 cm³/mol. The molecule has 0 radical (unpaired) electrons. The fraction of sp³-hybridized carbons (Fsp3) is 0.692. The number of nitrogens with two attached hydrogens (primary N) is 1. The van der Waals surface area contributed by atoms with E-state index < -0.39 is 5.79 Å². The summed E-state index contributed by atoms with van der Waals surface area (Å²) >= 11 is 0. The lowest BCUT2D eigenvalue weighted by atomic mass is 9.84. The molecule has 3 rings (SSSR count). The third-order valence-corrected chi connectivity index (χ3v) is 3.98. The number of hydrogen-bond donors (Lipinski definition) is 1. The molecule has 1 aromatic heterocycles. The zero-order valence-electron chi connectivity index (χ0n) is 11.1. The van der Waals surface area contributed by atoms with Crippen LogP contribution in [0.25, 0.3) is 0 Å². The molecule has 19 heavy (non-hydrogen) atoms. The Balaban J connectivity index is 1.68. The summed E-state index contributed by atoms with van der Waals surface area (Å²) in [7, 11) is 0. The zero-order chi connectivity index (χ0) is 13.5. The predicted octanol–water partition coefficient (Wildman–Crippen LogP) is 1.35. The second-order valence-electron chi connectivity index (χ2n) is 5.34. The summed E-state index contributed by atoms with van der Waals surface area (Å²) in [5.74, 6) is -0.0721. The molecule has 1 aromatic rings. The molecule has 2 fully saturated rings. The van der Waals surface area contributed by atoms with Crippen LogP contribution in [0.3, 0.4) is 0 Å². The van der Waals surface area contributed by atoms with Crippen molar-refractivity contribution >= 4 is 11.7 Å². The first-order valence-corrected chi connectivity index (χ1v) is 6.74. The van der Waals surface area contributed by atoms with Crippen LogP contribution in [0.2, 0.25) is 0 Å². The summed E-state index contributed by atoms with van der Waals surface area (Å²) in [5, 5.41) is 4.15. The molecule has 1 aliphatic carbocycles. The van der Waals surface area contributed by atoms with E-state index in [0.717, 1.165) is 31.4 Å². The number of carbonyl (C=O) groups excluding carboxylic acids is 1. The van der Waals surface area contributed by atoms with Crippen LogP contribution in [-0.4, -0.2) is 34.7 Å².